The van der Waals surface area contributed by atoms with Crippen molar-refractivity contribution in [2.75, 3.05) is 18.9 Å². The van der Waals surface area contributed by atoms with Crippen molar-refractivity contribution in [1.29, 1.82) is 0 Å². The predicted octanol–water partition coefficient (Wildman–Crippen LogP) is 1.88. The molecule has 114 valence electrons. The molecule has 3 N–H and O–H groups in total. The van der Waals surface area contributed by atoms with E-state index in [0.29, 0.717) is 13.1 Å². The van der Waals surface area contributed by atoms with Crippen LogP contribution in [0.2, 0.25) is 0 Å². The molecule has 0 bridgehead atoms. The van der Waals surface area contributed by atoms with E-state index in [2.05, 4.69) is 10.6 Å². The van der Waals surface area contributed by atoms with E-state index in [-0.39, 0.29) is 18.5 Å². The topological polar surface area (TPSA) is 81.7 Å². The fourth-order valence-electron chi connectivity index (χ4n) is 2.69. The Hall–Kier alpha value is -2.08. The van der Waals surface area contributed by atoms with Crippen molar-refractivity contribution < 1.29 is 14.7 Å². The first-order valence-electron chi connectivity index (χ1n) is 7.13. The van der Waals surface area contributed by atoms with Crippen LogP contribution in [0.4, 0.5) is 10.5 Å². The molecule has 1 aliphatic rings. The van der Waals surface area contributed by atoms with Gasteiger partial charge in [-0.2, -0.15) is 0 Å². The third-order valence-electron chi connectivity index (χ3n) is 3.67. The van der Waals surface area contributed by atoms with E-state index in [4.69, 9.17) is 5.11 Å². The van der Waals surface area contributed by atoms with Crippen molar-refractivity contribution in [3.8, 4) is 0 Å². The lowest BCUT2D eigenvalue weighted by molar-refractivity contribution is -0.137. The first-order chi connectivity index (χ1) is 10.1. The normalized spacial score (nSPS) is 17.8. The molecule has 1 aromatic carbocycles. The molecule has 2 amide bonds. The van der Waals surface area contributed by atoms with Gasteiger partial charge in [-0.3, -0.25) is 4.79 Å². The molecule has 0 aliphatic carbocycles. The van der Waals surface area contributed by atoms with Crippen molar-refractivity contribution in [2.45, 2.75) is 31.8 Å². The molecule has 1 unspecified atom stereocenters. The van der Waals surface area contributed by atoms with Gasteiger partial charge in [-0.1, -0.05) is 18.2 Å². The summed E-state index contributed by atoms with van der Waals surface area (Å²) < 4.78 is 0. The summed E-state index contributed by atoms with van der Waals surface area (Å²) in [5, 5.41) is 14.9. The fraction of sp³-hybridized carbons (Fsp3) is 0.467. The Morgan fingerprint density at radius 1 is 1.38 bits per heavy atom. The number of carboxylic acids is 1. The molecular formula is C15H21N3O3. The minimum Gasteiger partial charge on any atom is -0.481 e. The minimum atomic E-state index is -0.865. The molecule has 1 aromatic rings. The van der Waals surface area contributed by atoms with Crippen molar-refractivity contribution in [2.24, 2.45) is 0 Å². The largest absolute Gasteiger partial charge is 0.481 e. The summed E-state index contributed by atoms with van der Waals surface area (Å²) in [6.45, 7) is 1.27. The summed E-state index contributed by atoms with van der Waals surface area (Å²) in [6.07, 6.45) is 1.60. The molecule has 1 fully saturated rings. The third-order valence-corrected chi connectivity index (χ3v) is 3.67. The molecule has 0 aromatic heterocycles. The Morgan fingerprint density at radius 2 is 2.14 bits per heavy atom. The number of anilines is 1. The van der Waals surface area contributed by atoms with E-state index in [0.717, 1.165) is 24.1 Å². The molecule has 6 nitrogen and oxygen atoms in total. The Bertz CT molecular complexity index is 519. The molecular weight excluding hydrogens is 270 g/mol. The average Bonchev–Trinajstić information content (AvgIpc) is 2.88. The number of rotatable bonds is 5. The first-order valence-corrected chi connectivity index (χ1v) is 7.13. The second-order valence-electron chi connectivity index (χ2n) is 5.20. The zero-order valence-corrected chi connectivity index (χ0v) is 12.1. The van der Waals surface area contributed by atoms with Crippen LogP contribution in [0, 0.1) is 0 Å². The zero-order chi connectivity index (χ0) is 15.2. The van der Waals surface area contributed by atoms with Gasteiger partial charge in [0, 0.05) is 24.8 Å². The van der Waals surface area contributed by atoms with Crippen molar-refractivity contribution in [3.63, 3.8) is 0 Å². The highest BCUT2D eigenvalue weighted by Crippen LogP contribution is 2.22. The molecule has 21 heavy (non-hydrogen) atoms. The number of carbonyl (C=O) groups is 2. The second kappa shape index (κ2) is 7.08. The number of urea groups is 1. The van der Waals surface area contributed by atoms with Crippen LogP contribution in [0.15, 0.2) is 24.3 Å². The Morgan fingerprint density at radius 3 is 2.86 bits per heavy atom. The summed E-state index contributed by atoms with van der Waals surface area (Å²) in [4.78, 5) is 24.8. The lowest BCUT2D eigenvalue weighted by Crippen LogP contribution is -2.39. The summed E-state index contributed by atoms with van der Waals surface area (Å²) in [5.74, 6) is -0.865. The maximum absolute atomic E-state index is 12.4. The van der Waals surface area contributed by atoms with Gasteiger partial charge in [0.15, 0.2) is 0 Å². The van der Waals surface area contributed by atoms with Crippen LogP contribution in [-0.4, -0.2) is 41.6 Å². The Balaban J connectivity index is 2.05. The number of hydrogen-bond donors (Lipinski definition) is 3. The van der Waals surface area contributed by atoms with E-state index in [1.54, 1.807) is 4.90 Å². The monoisotopic (exact) mass is 291 g/mol. The molecule has 0 radical (unpaired) electrons. The quantitative estimate of drug-likeness (QED) is 0.773. The standard InChI is InChI=1S/C15H21N3O3/c1-16-10-11-5-2-3-7-13(11)17-15(21)18-8-4-6-12(18)9-14(19)20/h2-3,5,7,12,16H,4,6,8-10H2,1H3,(H,17,21)(H,19,20). The lowest BCUT2D eigenvalue weighted by Gasteiger charge is -2.24. The number of carboxylic acid groups (broad SMARTS) is 1. The summed E-state index contributed by atoms with van der Waals surface area (Å²) in [5.41, 5.74) is 1.76. The highest BCUT2D eigenvalue weighted by molar-refractivity contribution is 5.90. The van der Waals surface area contributed by atoms with E-state index in [1.165, 1.54) is 0 Å². The summed E-state index contributed by atoms with van der Waals surface area (Å²) in [7, 11) is 1.85. The van der Waals surface area contributed by atoms with E-state index in [9.17, 15) is 9.59 Å². The van der Waals surface area contributed by atoms with Gasteiger partial charge < -0.3 is 20.6 Å². The van der Waals surface area contributed by atoms with Crippen LogP contribution in [0.25, 0.3) is 0 Å². The lowest BCUT2D eigenvalue weighted by atomic mass is 10.1. The number of benzene rings is 1. The van der Waals surface area contributed by atoms with Crippen LogP contribution < -0.4 is 10.6 Å². The fourth-order valence-corrected chi connectivity index (χ4v) is 2.69. The Labute approximate surface area is 124 Å². The minimum absolute atomic E-state index is 0.00554. The molecule has 1 atom stereocenters. The van der Waals surface area contributed by atoms with Gasteiger partial charge in [0.2, 0.25) is 0 Å². The number of likely N-dealkylation sites (tertiary alicyclic amines) is 1. The Kier molecular flexibility index (Phi) is 5.16. The van der Waals surface area contributed by atoms with Crippen LogP contribution >= 0.6 is 0 Å². The molecule has 0 saturated carbocycles. The van der Waals surface area contributed by atoms with Crippen molar-refractivity contribution in [3.05, 3.63) is 29.8 Å². The molecule has 1 aliphatic heterocycles. The van der Waals surface area contributed by atoms with Crippen LogP contribution in [0.5, 0.6) is 0 Å². The number of carbonyl (C=O) groups excluding carboxylic acids is 1. The number of hydrogen-bond acceptors (Lipinski definition) is 3. The summed E-state index contributed by atoms with van der Waals surface area (Å²) in [6, 6.07) is 7.16. The summed E-state index contributed by atoms with van der Waals surface area (Å²) >= 11 is 0. The van der Waals surface area contributed by atoms with E-state index < -0.39 is 5.97 Å². The number of para-hydroxylation sites is 1. The maximum Gasteiger partial charge on any atom is 0.322 e. The smallest absolute Gasteiger partial charge is 0.322 e. The number of aliphatic carboxylic acids is 1. The van der Waals surface area contributed by atoms with Gasteiger partial charge in [0.1, 0.15) is 0 Å². The van der Waals surface area contributed by atoms with Gasteiger partial charge in [-0.25, -0.2) is 4.79 Å². The van der Waals surface area contributed by atoms with Gasteiger partial charge in [-0.15, -0.1) is 0 Å². The molecule has 1 saturated heterocycles. The van der Waals surface area contributed by atoms with E-state index in [1.807, 2.05) is 31.3 Å². The van der Waals surface area contributed by atoms with Crippen molar-refractivity contribution in [1.82, 2.24) is 10.2 Å². The molecule has 6 heteroatoms. The zero-order valence-electron chi connectivity index (χ0n) is 12.1. The maximum atomic E-state index is 12.4. The number of amides is 2. The van der Waals surface area contributed by atoms with Crippen LogP contribution in [-0.2, 0) is 11.3 Å². The number of nitrogens with zero attached hydrogens (tertiary/aromatic N) is 1. The highest BCUT2D eigenvalue weighted by atomic mass is 16.4. The van der Waals surface area contributed by atoms with Crippen LogP contribution in [0.1, 0.15) is 24.8 Å². The van der Waals surface area contributed by atoms with E-state index >= 15 is 0 Å². The molecule has 2 rings (SSSR count). The van der Waals surface area contributed by atoms with Gasteiger partial charge in [0.05, 0.1) is 6.42 Å². The number of nitrogens with one attached hydrogen (secondary N) is 2. The van der Waals surface area contributed by atoms with Crippen molar-refractivity contribution >= 4 is 17.7 Å². The van der Waals surface area contributed by atoms with Gasteiger partial charge in [0.25, 0.3) is 0 Å². The SMILES string of the molecule is CNCc1ccccc1NC(=O)N1CCCC1CC(=O)O. The third kappa shape index (κ3) is 3.95. The van der Waals surface area contributed by atoms with Crippen LogP contribution in [0.3, 0.4) is 0 Å². The predicted molar refractivity (Wildman–Crippen MR) is 80.2 cm³/mol. The first kappa shape index (κ1) is 15.3. The van der Waals surface area contributed by atoms with Gasteiger partial charge >= 0.3 is 12.0 Å². The molecule has 1 heterocycles. The molecule has 0 spiro atoms. The second-order valence-corrected chi connectivity index (χ2v) is 5.20. The highest BCUT2D eigenvalue weighted by Gasteiger charge is 2.30. The average molecular weight is 291 g/mol. The van der Waals surface area contributed by atoms with Gasteiger partial charge in [-0.05, 0) is 31.5 Å².